The molecular weight excluding hydrogens is 267 g/mol. The molecule has 0 aliphatic rings. The van der Waals surface area contributed by atoms with Crippen LogP contribution in [-0.4, -0.2) is 4.98 Å². The smallest absolute Gasteiger partial charge is 0.177 e. The topological polar surface area (TPSA) is 36.7 Å². The Bertz CT molecular complexity index is 706. The molecule has 0 aliphatic carbocycles. The third-order valence-electron chi connectivity index (χ3n) is 2.34. The van der Waals surface area contributed by atoms with Crippen LogP contribution in [0, 0.1) is 40.4 Å². The van der Waals surface area contributed by atoms with Gasteiger partial charge in [0.1, 0.15) is 11.9 Å². The summed E-state index contributed by atoms with van der Waals surface area (Å²) >= 11 is 0. The Labute approximate surface area is 103 Å². The molecule has 0 fully saturated rings. The summed E-state index contributed by atoms with van der Waals surface area (Å²) in [7, 11) is 0. The molecule has 0 N–H and O–H groups in total. The van der Waals surface area contributed by atoms with Crippen molar-refractivity contribution >= 4 is 0 Å². The summed E-state index contributed by atoms with van der Waals surface area (Å²) in [5.41, 5.74) is -2.80. The number of benzene rings is 1. The first-order valence-corrected chi connectivity index (χ1v) is 4.84. The van der Waals surface area contributed by atoms with Gasteiger partial charge in [0, 0.05) is 11.6 Å². The molecule has 0 unspecified atom stereocenters. The van der Waals surface area contributed by atoms with E-state index in [-0.39, 0.29) is 6.07 Å². The Morgan fingerprint density at radius 3 is 2.26 bits per heavy atom. The summed E-state index contributed by atoms with van der Waals surface area (Å²) in [6, 6.07) is 1.99. The Morgan fingerprint density at radius 2 is 1.63 bits per heavy atom. The van der Waals surface area contributed by atoms with E-state index < -0.39 is 45.9 Å². The van der Waals surface area contributed by atoms with Crippen LogP contribution in [0.3, 0.4) is 0 Å². The molecular formula is C12H3F5N2. The Balaban J connectivity index is 2.83. The number of nitrogens with zero attached hydrogens (tertiary/aromatic N) is 2. The maximum atomic E-state index is 13.7. The van der Waals surface area contributed by atoms with Gasteiger partial charge < -0.3 is 0 Å². The Morgan fingerprint density at radius 1 is 0.947 bits per heavy atom. The van der Waals surface area contributed by atoms with E-state index in [1.54, 1.807) is 0 Å². The molecule has 2 nitrogen and oxygen atoms in total. The van der Waals surface area contributed by atoms with Gasteiger partial charge in [-0.3, -0.25) is 0 Å². The fourth-order valence-corrected chi connectivity index (χ4v) is 1.53. The number of nitriles is 1. The third kappa shape index (κ3) is 2.12. The minimum atomic E-state index is -1.62. The second kappa shape index (κ2) is 4.65. The van der Waals surface area contributed by atoms with Gasteiger partial charge in [0.15, 0.2) is 29.0 Å². The zero-order valence-electron chi connectivity index (χ0n) is 9.02. The quantitative estimate of drug-likeness (QED) is 0.588. The van der Waals surface area contributed by atoms with Crippen molar-refractivity contribution in [2.45, 2.75) is 0 Å². The van der Waals surface area contributed by atoms with Crippen LogP contribution in [0.2, 0.25) is 0 Å². The highest BCUT2D eigenvalue weighted by Crippen LogP contribution is 2.30. The van der Waals surface area contributed by atoms with E-state index in [0.717, 1.165) is 0 Å². The lowest BCUT2D eigenvalue weighted by Crippen LogP contribution is -2.01. The van der Waals surface area contributed by atoms with Crippen molar-refractivity contribution in [3.8, 4) is 17.2 Å². The van der Waals surface area contributed by atoms with Crippen molar-refractivity contribution in [2.24, 2.45) is 0 Å². The molecule has 2 rings (SSSR count). The van der Waals surface area contributed by atoms with Crippen LogP contribution in [0.25, 0.3) is 11.1 Å². The number of aromatic nitrogens is 1. The van der Waals surface area contributed by atoms with Crippen molar-refractivity contribution < 1.29 is 22.0 Å². The maximum Gasteiger partial charge on any atom is 0.177 e. The minimum absolute atomic E-state index is 0.237. The van der Waals surface area contributed by atoms with Gasteiger partial charge in [0.05, 0.1) is 11.8 Å². The lowest BCUT2D eigenvalue weighted by Gasteiger charge is -2.08. The molecule has 1 heterocycles. The number of hydrogen-bond donors (Lipinski definition) is 0. The van der Waals surface area contributed by atoms with Crippen LogP contribution in [-0.2, 0) is 0 Å². The molecule has 0 spiro atoms. The lowest BCUT2D eigenvalue weighted by molar-refractivity contribution is 0.495. The summed E-state index contributed by atoms with van der Waals surface area (Å²) in [6.07, 6.45) is 0.471. The molecule has 0 saturated heterocycles. The SMILES string of the molecule is N#Cc1ncc(F)c(-c2cc(F)cc(F)c2F)c1F. The summed E-state index contributed by atoms with van der Waals surface area (Å²) in [4.78, 5) is 3.14. The second-order valence-corrected chi connectivity index (χ2v) is 3.50. The van der Waals surface area contributed by atoms with E-state index in [9.17, 15) is 22.0 Å². The highest BCUT2D eigenvalue weighted by molar-refractivity contribution is 5.66. The summed E-state index contributed by atoms with van der Waals surface area (Å²) in [5, 5.41) is 8.54. The summed E-state index contributed by atoms with van der Waals surface area (Å²) in [6.45, 7) is 0. The van der Waals surface area contributed by atoms with Gasteiger partial charge in [0.25, 0.3) is 0 Å². The fraction of sp³-hybridized carbons (Fsp3) is 0. The highest BCUT2D eigenvalue weighted by Gasteiger charge is 2.22. The van der Waals surface area contributed by atoms with E-state index in [1.165, 1.54) is 6.07 Å². The summed E-state index contributed by atoms with van der Waals surface area (Å²) in [5.74, 6) is -7.23. The number of rotatable bonds is 1. The molecule has 1 aromatic heterocycles. The average Bonchev–Trinajstić information content (AvgIpc) is 2.35. The van der Waals surface area contributed by atoms with Crippen molar-refractivity contribution in [1.29, 1.82) is 5.26 Å². The summed E-state index contributed by atoms with van der Waals surface area (Å²) < 4.78 is 66.7. The molecule has 7 heteroatoms. The maximum absolute atomic E-state index is 13.7. The molecule has 0 saturated carbocycles. The monoisotopic (exact) mass is 270 g/mol. The van der Waals surface area contributed by atoms with E-state index in [0.29, 0.717) is 12.3 Å². The van der Waals surface area contributed by atoms with Crippen LogP contribution in [0.4, 0.5) is 22.0 Å². The van der Waals surface area contributed by atoms with Crippen molar-refractivity contribution in [3.05, 3.63) is 53.1 Å². The lowest BCUT2D eigenvalue weighted by atomic mass is 10.0. The molecule has 2 aromatic rings. The minimum Gasteiger partial charge on any atom is -0.240 e. The van der Waals surface area contributed by atoms with E-state index in [1.807, 2.05) is 0 Å². The number of halogens is 5. The van der Waals surface area contributed by atoms with Gasteiger partial charge in [-0.2, -0.15) is 5.26 Å². The normalized spacial score (nSPS) is 10.3. The Kier molecular flexibility index (Phi) is 3.17. The van der Waals surface area contributed by atoms with Crippen molar-refractivity contribution in [3.63, 3.8) is 0 Å². The number of pyridine rings is 1. The van der Waals surface area contributed by atoms with Gasteiger partial charge in [0.2, 0.25) is 0 Å². The van der Waals surface area contributed by atoms with Crippen LogP contribution < -0.4 is 0 Å². The van der Waals surface area contributed by atoms with Gasteiger partial charge in [-0.25, -0.2) is 26.9 Å². The predicted octanol–water partition coefficient (Wildman–Crippen LogP) is 3.32. The molecule has 0 aliphatic heterocycles. The van der Waals surface area contributed by atoms with Gasteiger partial charge in [-0.15, -0.1) is 0 Å². The molecule has 96 valence electrons. The third-order valence-corrected chi connectivity index (χ3v) is 2.34. The van der Waals surface area contributed by atoms with Crippen LogP contribution in [0.15, 0.2) is 18.3 Å². The second-order valence-electron chi connectivity index (χ2n) is 3.50. The molecule has 1 aromatic carbocycles. The van der Waals surface area contributed by atoms with E-state index >= 15 is 0 Å². The van der Waals surface area contributed by atoms with Crippen LogP contribution in [0.1, 0.15) is 5.69 Å². The molecule has 0 bridgehead atoms. The van der Waals surface area contributed by atoms with Gasteiger partial charge in [-0.05, 0) is 6.07 Å². The van der Waals surface area contributed by atoms with Gasteiger partial charge >= 0.3 is 0 Å². The fourth-order valence-electron chi connectivity index (χ4n) is 1.53. The van der Waals surface area contributed by atoms with Crippen LogP contribution >= 0.6 is 0 Å². The zero-order valence-corrected chi connectivity index (χ0v) is 9.02. The number of hydrogen-bond acceptors (Lipinski definition) is 2. The van der Waals surface area contributed by atoms with Crippen molar-refractivity contribution in [1.82, 2.24) is 4.98 Å². The van der Waals surface area contributed by atoms with Crippen molar-refractivity contribution in [2.75, 3.05) is 0 Å². The molecule has 0 radical (unpaired) electrons. The van der Waals surface area contributed by atoms with E-state index in [2.05, 4.69) is 4.98 Å². The predicted molar refractivity (Wildman–Crippen MR) is 54.2 cm³/mol. The molecule has 19 heavy (non-hydrogen) atoms. The molecule has 0 atom stereocenters. The van der Waals surface area contributed by atoms with Gasteiger partial charge in [-0.1, -0.05) is 0 Å². The average molecular weight is 270 g/mol. The standard InChI is InChI=1S/C12H3F5N2/c13-5-1-6(11(16)7(14)2-5)10-8(15)4-19-9(3-18)12(10)17/h1-2,4H. The first-order chi connectivity index (χ1) is 8.95. The zero-order chi connectivity index (χ0) is 14.2. The molecule has 0 amide bonds. The Hall–Kier alpha value is -2.49. The largest absolute Gasteiger partial charge is 0.240 e. The first kappa shape index (κ1) is 13.0. The van der Waals surface area contributed by atoms with Crippen LogP contribution in [0.5, 0.6) is 0 Å². The highest BCUT2D eigenvalue weighted by atomic mass is 19.2. The van der Waals surface area contributed by atoms with E-state index in [4.69, 9.17) is 5.26 Å². The first-order valence-electron chi connectivity index (χ1n) is 4.84.